The molecule has 0 radical (unpaired) electrons. The van der Waals surface area contributed by atoms with Gasteiger partial charge in [-0.25, -0.2) is 4.99 Å². The van der Waals surface area contributed by atoms with Gasteiger partial charge in [0.15, 0.2) is 11.6 Å². The van der Waals surface area contributed by atoms with E-state index < -0.39 is 11.6 Å². The van der Waals surface area contributed by atoms with E-state index in [0.29, 0.717) is 31.1 Å². The highest BCUT2D eigenvalue weighted by Gasteiger charge is 2.54. The molecule has 0 bridgehead atoms. The Balaban J connectivity index is 1.79. The lowest BCUT2D eigenvalue weighted by atomic mass is 9.81. The number of aliphatic hydroxyl groups excluding tert-OH is 1. The molecule has 36 heavy (non-hydrogen) atoms. The maximum absolute atomic E-state index is 13.9. The number of hydrogen-bond acceptors (Lipinski definition) is 5. The van der Waals surface area contributed by atoms with Crippen LogP contribution < -0.4 is 4.74 Å². The highest BCUT2D eigenvalue weighted by Crippen LogP contribution is 2.45. The molecule has 0 saturated carbocycles. The van der Waals surface area contributed by atoms with Crippen LogP contribution in [0.4, 0.5) is 0 Å². The largest absolute Gasteiger partial charge is 0.494 e. The van der Waals surface area contributed by atoms with Crippen LogP contribution in [0.1, 0.15) is 29.2 Å². The van der Waals surface area contributed by atoms with Crippen molar-refractivity contribution in [2.24, 2.45) is 4.99 Å². The van der Waals surface area contributed by atoms with Gasteiger partial charge in [0.05, 0.1) is 6.61 Å². The molecule has 8 heteroatoms. The zero-order valence-electron chi connectivity index (χ0n) is 20.2. The Morgan fingerprint density at radius 3 is 2.39 bits per heavy atom. The van der Waals surface area contributed by atoms with Crippen molar-refractivity contribution in [3.8, 4) is 5.75 Å². The number of aliphatic hydroxyl groups is 1. The van der Waals surface area contributed by atoms with Gasteiger partial charge in [-0.1, -0.05) is 62.2 Å². The molecule has 0 unspecified atom stereocenters. The van der Waals surface area contributed by atoms with Gasteiger partial charge in [-0.15, -0.1) is 0 Å². The van der Waals surface area contributed by atoms with Gasteiger partial charge in [0.2, 0.25) is 5.90 Å². The van der Waals surface area contributed by atoms with E-state index in [2.05, 4.69) is 31.9 Å². The first kappa shape index (κ1) is 26.4. The van der Waals surface area contributed by atoms with Crippen LogP contribution in [0, 0.1) is 0 Å². The van der Waals surface area contributed by atoms with E-state index >= 15 is 0 Å². The van der Waals surface area contributed by atoms with Crippen molar-refractivity contribution < 1.29 is 19.4 Å². The number of aliphatic imine (C=N–C) groups is 1. The van der Waals surface area contributed by atoms with Gasteiger partial charge in [-0.05, 0) is 48.0 Å². The summed E-state index contributed by atoms with van der Waals surface area (Å²) < 4.78 is 14.0. The molecule has 3 aromatic carbocycles. The minimum atomic E-state index is -1.20. The van der Waals surface area contributed by atoms with Gasteiger partial charge in [0.1, 0.15) is 5.75 Å². The number of amides is 1. The molecule has 188 valence electrons. The molecular formula is C28H28Br2N2O4. The molecule has 0 saturated heterocycles. The summed E-state index contributed by atoms with van der Waals surface area (Å²) in [5.74, 6) is 0.966. The summed E-state index contributed by atoms with van der Waals surface area (Å²) in [5, 5.41) is 8.97. The fraction of sp³-hybridized carbons (Fsp3) is 0.286. The van der Waals surface area contributed by atoms with E-state index in [1.807, 2.05) is 72.8 Å². The Bertz CT molecular complexity index is 1230. The van der Waals surface area contributed by atoms with E-state index in [1.54, 1.807) is 19.0 Å². The molecule has 3 aromatic rings. The van der Waals surface area contributed by atoms with E-state index in [1.165, 1.54) is 0 Å². The van der Waals surface area contributed by atoms with E-state index in [9.17, 15) is 4.79 Å². The highest BCUT2D eigenvalue weighted by molar-refractivity contribution is 9.10. The Hall–Kier alpha value is -2.68. The smallest absolute Gasteiger partial charge is 0.254 e. The molecule has 1 aliphatic rings. The fourth-order valence-corrected chi connectivity index (χ4v) is 4.99. The minimum Gasteiger partial charge on any atom is -0.494 e. The van der Waals surface area contributed by atoms with Crippen LogP contribution in [-0.4, -0.2) is 54.7 Å². The zero-order chi connectivity index (χ0) is 25.7. The molecule has 4 rings (SSSR count). The molecule has 0 spiro atoms. The molecule has 0 fully saturated rings. The lowest BCUT2D eigenvalue weighted by Crippen LogP contribution is -2.49. The number of nitrogens with zero attached hydrogens (tertiary/aromatic N) is 2. The lowest BCUT2D eigenvalue weighted by molar-refractivity contribution is -0.137. The van der Waals surface area contributed by atoms with Crippen molar-refractivity contribution in [2.45, 2.75) is 24.5 Å². The van der Waals surface area contributed by atoms with Crippen LogP contribution in [0.3, 0.4) is 0 Å². The van der Waals surface area contributed by atoms with Gasteiger partial charge in [-0.2, -0.15) is 0 Å². The summed E-state index contributed by atoms with van der Waals surface area (Å²) in [6.45, 7) is 0.518. The summed E-state index contributed by atoms with van der Waals surface area (Å²) in [7, 11) is 3.49. The van der Waals surface area contributed by atoms with Crippen molar-refractivity contribution in [3.63, 3.8) is 0 Å². The van der Waals surface area contributed by atoms with Crippen molar-refractivity contribution >= 4 is 43.7 Å². The maximum Gasteiger partial charge on any atom is 0.254 e. The number of rotatable bonds is 9. The first-order valence-electron chi connectivity index (χ1n) is 11.7. The molecule has 1 heterocycles. The molecule has 6 nitrogen and oxygen atoms in total. The van der Waals surface area contributed by atoms with Crippen LogP contribution in [0.15, 0.2) is 86.7 Å². The Labute approximate surface area is 228 Å². The number of halogens is 2. The van der Waals surface area contributed by atoms with Crippen LogP contribution in [0.2, 0.25) is 0 Å². The van der Waals surface area contributed by atoms with E-state index in [0.717, 1.165) is 25.6 Å². The second kappa shape index (κ2) is 11.6. The second-order valence-electron chi connectivity index (χ2n) is 8.81. The molecule has 2 atom stereocenters. The predicted molar refractivity (Wildman–Crippen MR) is 147 cm³/mol. The number of carbonyl (C=O) groups excluding carboxylic acids is 1. The Morgan fingerprint density at radius 1 is 1.06 bits per heavy atom. The normalized spacial score (nSPS) is 18.9. The van der Waals surface area contributed by atoms with Gasteiger partial charge >= 0.3 is 0 Å². The van der Waals surface area contributed by atoms with Crippen molar-refractivity contribution in [3.05, 3.63) is 98.4 Å². The predicted octanol–water partition coefficient (Wildman–Crippen LogP) is 5.56. The molecule has 1 amide bonds. The van der Waals surface area contributed by atoms with Crippen molar-refractivity contribution in [2.75, 3.05) is 27.3 Å². The molecular weight excluding hydrogens is 588 g/mol. The van der Waals surface area contributed by atoms with Gasteiger partial charge in [0, 0.05) is 53.6 Å². The quantitative estimate of drug-likeness (QED) is 0.320. The summed E-state index contributed by atoms with van der Waals surface area (Å²) in [6, 6.07) is 23.1. The van der Waals surface area contributed by atoms with Crippen LogP contribution in [0.25, 0.3) is 0 Å². The first-order valence-corrected chi connectivity index (χ1v) is 13.2. The van der Waals surface area contributed by atoms with Crippen LogP contribution in [-0.2, 0) is 16.0 Å². The second-order valence-corrected chi connectivity index (χ2v) is 10.6. The number of likely N-dealkylation sites (N-methyl/N-ethyl adjacent to an activating group) is 1. The monoisotopic (exact) mass is 614 g/mol. The Kier molecular flexibility index (Phi) is 8.49. The van der Waals surface area contributed by atoms with Gasteiger partial charge in [0.25, 0.3) is 5.91 Å². The SMILES string of the molecule is CN(C)C(=O)[C@]1(Cc2ccc(Br)cc2)N=C(c2ccc(OCCCO)cc2)O[C@@H]1c1ccccc1Br. The van der Waals surface area contributed by atoms with E-state index in [4.69, 9.17) is 19.6 Å². The summed E-state index contributed by atoms with van der Waals surface area (Å²) in [4.78, 5) is 20.5. The molecule has 0 aliphatic carbocycles. The summed E-state index contributed by atoms with van der Waals surface area (Å²) in [6.07, 6.45) is 0.299. The number of hydrogen-bond donors (Lipinski definition) is 1. The maximum atomic E-state index is 13.9. The fourth-order valence-electron chi connectivity index (χ4n) is 4.23. The van der Waals surface area contributed by atoms with Crippen LogP contribution >= 0.6 is 31.9 Å². The van der Waals surface area contributed by atoms with Crippen molar-refractivity contribution in [1.82, 2.24) is 4.90 Å². The highest BCUT2D eigenvalue weighted by atomic mass is 79.9. The third kappa shape index (κ3) is 5.66. The van der Waals surface area contributed by atoms with E-state index in [-0.39, 0.29) is 12.5 Å². The van der Waals surface area contributed by atoms with Gasteiger partial charge in [-0.3, -0.25) is 4.79 Å². The van der Waals surface area contributed by atoms with Crippen LogP contribution in [0.5, 0.6) is 5.75 Å². The number of benzene rings is 3. The number of carbonyl (C=O) groups is 1. The minimum absolute atomic E-state index is 0.0829. The molecule has 1 N–H and O–H groups in total. The third-order valence-corrected chi connectivity index (χ3v) is 7.24. The first-order chi connectivity index (χ1) is 17.3. The standard InChI is InChI=1S/C28H28Br2N2O4/c1-32(2)27(34)28(18-19-8-12-21(29)13-9-19)25(23-6-3-4-7-24(23)30)36-26(31-28)20-10-14-22(15-11-20)35-17-5-16-33/h3-4,6-15,25,33H,5,16-18H2,1-2H3/t25-,28-/m1/s1. The summed E-state index contributed by atoms with van der Waals surface area (Å²) in [5.41, 5.74) is 1.39. The lowest BCUT2D eigenvalue weighted by Gasteiger charge is -2.33. The molecule has 1 aliphatic heterocycles. The zero-order valence-corrected chi connectivity index (χ0v) is 23.3. The average molecular weight is 616 g/mol. The topological polar surface area (TPSA) is 71.4 Å². The third-order valence-electron chi connectivity index (χ3n) is 5.99. The molecule has 0 aromatic heterocycles. The van der Waals surface area contributed by atoms with Crippen molar-refractivity contribution in [1.29, 1.82) is 0 Å². The summed E-state index contributed by atoms with van der Waals surface area (Å²) >= 11 is 7.15. The Morgan fingerprint density at radius 2 is 1.75 bits per heavy atom. The average Bonchev–Trinajstić information content (AvgIpc) is 3.25. The van der Waals surface area contributed by atoms with Gasteiger partial charge < -0.3 is 19.5 Å². The number of ether oxygens (including phenoxy) is 2.